The lowest BCUT2D eigenvalue weighted by molar-refractivity contribution is 0.0729. The predicted octanol–water partition coefficient (Wildman–Crippen LogP) is 5.06. The molecule has 0 bridgehead atoms. The van der Waals surface area contributed by atoms with Crippen molar-refractivity contribution in [2.24, 2.45) is 0 Å². The van der Waals surface area contributed by atoms with Crippen LogP contribution in [0.3, 0.4) is 0 Å². The fourth-order valence-corrected chi connectivity index (χ4v) is 2.80. The number of carbonyl (C=O) groups excluding carboxylic acids is 1. The third-order valence-electron chi connectivity index (χ3n) is 4.25. The molecule has 0 aliphatic rings. The first-order valence-corrected chi connectivity index (χ1v) is 9.34. The molecule has 2 rings (SSSR count). The van der Waals surface area contributed by atoms with E-state index in [4.69, 9.17) is 9.47 Å². The highest BCUT2D eigenvalue weighted by molar-refractivity contribution is 5.95. The summed E-state index contributed by atoms with van der Waals surface area (Å²) in [5, 5.41) is 3.40. The van der Waals surface area contributed by atoms with Gasteiger partial charge >= 0.3 is 5.97 Å². The van der Waals surface area contributed by atoms with Gasteiger partial charge in [-0.25, -0.2) is 4.79 Å². The first kappa shape index (κ1) is 20.0. The molecule has 0 aliphatic carbocycles. The molecule has 0 amide bonds. The van der Waals surface area contributed by atoms with Gasteiger partial charge in [-0.2, -0.15) is 0 Å². The average molecular weight is 355 g/mol. The molecule has 0 aromatic heterocycles. The minimum Gasteiger partial charge on any atom is -0.493 e. The van der Waals surface area contributed by atoms with Crippen LogP contribution < -0.4 is 14.8 Å². The van der Waals surface area contributed by atoms with Gasteiger partial charge in [-0.3, -0.25) is 0 Å². The molecule has 0 aliphatic heterocycles. The van der Waals surface area contributed by atoms with Crippen LogP contribution in [-0.2, 0) is 0 Å². The molecular formula is C22H29NO3. The van der Waals surface area contributed by atoms with E-state index in [0.717, 1.165) is 30.5 Å². The van der Waals surface area contributed by atoms with Crippen molar-refractivity contribution in [3.63, 3.8) is 0 Å². The summed E-state index contributed by atoms with van der Waals surface area (Å²) in [5.74, 6) is 0.739. The van der Waals surface area contributed by atoms with E-state index < -0.39 is 0 Å². The SMILES string of the molecule is CCCCOc1cc(C(C)NCC)cc(C)c1C(=O)Oc1ccccc1. The summed E-state index contributed by atoms with van der Waals surface area (Å²) < 4.78 is 11.5. The number of nitrogens with one attached hydrogen (secondary N) is 1. The normalized spacial score (nSPS) is 11.8. The quantitative estimate of drug-likeness (QED) is 0.388. The Balaban J connectivity index is 2.33. The fourth-order valence-electron chi connectivity index (χ4n) is 2.80. The zero-order valence-electron chi connectivity index (χ0n) is 16.2. The van der Waals surface area contributed by atoms with Crippen molar-refractivity contribution < 1.29 is 14.3 Å². The molecule has 0 saturated carbocycles. The van der Waals surface area contributed by atoms with Crippen molar-refractivity contribution in [1.82, 2.24) is 5.32 Å². The molecule has 2 aromatic carbocycles. The summed E-state index contributed by atoms with van der Waals surface area (Å²) in [7, 11) is 0. The summed E-state index contributed by atoms with van der Waals surface area (Å²) in [4.78, 5) is 12.8. The van der Waals surface area contributed by atoms with Gasteiger partial charge in [0.05, 0.1) is 6.61 Å². The van der Waals surface area contributed by atoms with Gasteiger partial charge in [-0.1, -0.05) is 44.5 Å². The van der Waals surface area contributed by atoms with Crippen molar-refractivity contribution in [2.45, 2.75) is 46.6 Å². The summed E-state index contributed by atoms with van der Waals surface area (Å²) in [6.07, 6.45) is 1.98. The second-order valence-electron chi connectivity index (χ2n) is 6.39. The predicted molar refractivity (Wildman–Crippen MR) is 105 cm³/mol. The highest BCUT2D eigenvalue weighted by atomic mass is 16.5. The van der Waals surface area contributed by atoms with Gasteiger partial charge in [-0.05, 0) is 56.1 Å². The lowest BCUT2D eigenvalue weighted by Gasteiger charge is -2.19. The summed E-state index contributed by atoms with van der Waals surface area (Å²) in [6.45, 7) is 9.69. The molecule has 0 spiro atoms. The van der Waals surface area contributed by atoms with Gasteiger partial charge in [0.25, 0.3) is 0 Å². The van der Waals surface area contributed by atoms with Gasteiger partial charge in [0.15, 0.2) is 0 Å². The Hall–Kier alpha value is -2.33. The van der Waals surface area contributed by atoms with Gasteiger partial charge in [0, 0.05) is 6.04 Å². The maximum absolute atomic E-state index is 12.8. The number of para-hydroxylation sites is 1. The molecule has 140 valence electrons. The van der Waals surface area contributed by atoms with Gasteiger partial charge in [0.2, 0.25) is 0 Å². The molecule has 0 fully saturated rings. The maximum atomic E-state index is 12.8. The highest BCUT2D eigenvalue weighted by Gasteiger charge is 2.20. The molecule has 1 atom stereocenters. The molecule has 0 saturated heterocycles. The lowest BCUT2D eigenvalue weighted by Crippen LogP contribution is -2.19. The van der Waals surface area contributed by atoms with Crippen LogP contribution in [0.25, 0.3) is 0 Å². The molecule has 1 N–H and O–H groups in total. The molecule has 26 heavy (non-hydrogen) atoms. The van der Waals surface area contributed by atoms with Crippen molar-refractivity contribution >= 4 is 5.97 Å². The summed E-state index contributed by atoms with van der Waals surface area (Å²) in [5.41, 5.74) is 2.46. The van der Waals surface area contributed by atoms with Crippen LogP contribution in [0.15, 0.2) is 42.5 Å². The number of hydrogen-bond acceptors (Lipinski definition) is 4. The molecule has 2 aromatic rings. The van der Waals surface area contributed by atoms with Crippen LogP contribution in [0.4, 0.5) is 0 Å². The topological polar surface area (TPSA) is 47.6 Å². The average Bonchev–Trinajstić information content (AvgIpc) is 2.62. The van der Waals surface area contributed by atoms with Crippen molar-refractivity contribution in [3.8, 4) is 11.5 Å². The number of unbranched alkanes of at least 4 members (excludes halogenated alkanes) is 1. The van der Waals surface area contributed by atoms with E-state index in [1.165, 1.54) is 0 Å². The van der Waals surface area contributed by atoms with Crippen LogP contribution in [0.1, 0.15) is 61.1 Å². The highest BCUT2D eigenvalue weighted by Crippen LogP contribution is 2.29. The number of carbonyl (C=O) groups is 1. The molecule has 4 heteroatoms. The second kappa shape index (κ2) is 9.97. The van der Waals surface area contributed by atoms with Crippen LogP contribution in [0, 0.1) is 6.92 Å². The second-order valence-corrected chi connectivity index (χ2v) is 6.39. The molecule has 1 unspecified atom stereocenters. The molecular weight excluding hydrogens is 326 g/mol. The zero-order valence-corrected chi connectivity index (χ0v) is 16.2. The van der Waals surface area contributed by atoms with E-state index in [-0.39, 0.29) is 12.0 Å². The molecule has 0 heterocycles. The number of ether oxygens (including phenoxy) is 2. The number of benzene rings is 2. The number of esters is 1. The van der Waals surface area contributed by atoms with E-state index in [2.05, 4.69) is 26.1 Å². The smallest absolute Gasteiger partial charge is 0.347 e. The summed E-state index contributed by atoms with van der Waals surface area (Å²) >= 11 is 0. The molecule has 4 nitrogen and oxygen atoms in total. The Morgan fingerprint density at radius 1 is 1.15 bits per heavy atom. The van der Waals surface area contributed by atoms with E-state index in [1.54, 1.807) is 12.1 Å². The minimum absolute atomic E-state index is 0.186. The minimum atomic E-state index is -0.386. The Labute approximate surface area is 156 Å². The van der Waals surface area contributed by atoms with Gasteiger partial charge < -0.3 is 14.8 Å². The van der Waals surface area contributed by atoms with Gasteiger partial charge in [-0.15, -0.1) is 0 Å². The Bertz CT molecular complexity index is 713. The van der Waals surface area contributed by atoms with E-state index in [0.29, 0.717) is 23.7 Å². The van der Waals surface area contributed by atoms with Crippen molar-refractivity contribution in [2.75, 3.05) is 13.2 Å². The van der Waals surface area contributed by atoms with Crippen LogP contribution in [0.5, 0.6) is 11.5 Å². The van der Waals surface area contributed by atoms with E-state index in [1.807, 2.05) is 37.3 Å². The maximum Gasteiger partial charge on any atom is 0.347 e. The number of hydrogen-bond donors (Lipinski definition) is 1. The number of rotatable bonds is 9. The number of aryl methyl sites for hydroxylation is 1. The Morgan fingerprint density at radius 2 is 1.88 bits per heavy atom. The van der Waals surface area contributed by atoms with E-state index >= 15 is 0 Å². The Kier molecular flexibility index (Phi) is 7.67. The first-order valence-electron chi connectivity index (χ1n) is 9.34. The van der Waals surface area contributed by atoms with Gasteiger partial charge in [0.1, 0.15) is 17.1 Å². The van der Waals surface area contributed by atoms with Crippen LogP contribution in [-0.4, -0.2) is 19.1 Å². The van der Waals surface area contributed by atoms with Crippen LogP contribution >= 0.6 is 0 Å². The fraction of sp³-hybridized carbons (Fsp3) is 0.409. The van der Waals surface area contributed by atoms with Crippen molar-refractivity contribution in [1.29, 1.82) is 0 Å². The standard InChI is InChI=1S/C22H29NO3/c1-5-7-13-25-20-15-18(17(4)23-6-2)14-16(3)21(20)22(24)26-19-11-9-8-10-12-19/h8-12,14-15,17,23H,5-7,13H2,1-4H3. The molecule has 0 radical (unpaired) electrons. The Morgan fingerprint density at radius 3 is 2.54 bits per heavy atom. The zero-order chi connectivity index (χ0) is 18.9. The largest absolute Gasteiger partial charge is 0.493 e. The van der Waals surface area contributed by atoms with Crippen LogP contribution in [0.2, 0.25) is 0 Å². The van der Waals surface area contributed by atoms with Crippen molar-refractivity contribution in [3.05, 3.63) is 59.2 Å². The lowest BCUT2D eigenvalue weighted by atomic mass is 9.99. The monoisotopic (exact) mass is 355 g/mol. The third kappa shape index (κ3) is 5.33. The van der Waals surface area contributed by atoms with E-state index in [9.17, 15) is 4.79 Å². The third-order valence-corrected chi connectivity index (χ3v) is 4.25. The summed E-state index contributed by atoms with van der Waals surface area (Å²) in [6, 6.07) is 13.3. The first-order chi connectivity index (χ1) is 12.6.